The van der Waals surface area contributed by atoms with Crippen molar-refractivity contribution in [2.75, 3.05) is 39.6 Å². The van der Waals surface area contributed by atoms with Crippen LogP contribution in [0.1, 0.15) is 318 Å². The van der Waals surface area contributed by atoms with Gasteiger partial charge in [-0.2, -0.15) is 0 Å². The van der Waals surface area contributed by atoms with E-state index in [1.54, 1.807) is 0 Å². The molecule has 0 saturated heterocycles. The second-order valence-corrected chi connectivity index (χ2v) is 27.6. The number of unbranched alkanes of at least 4 members (excludes halogenated alkanes) is 30. The molecule has 84 heavy (non-hydrogen) atoms. The van der Waals surface area contributed by atoms with E-state index >= 15 is 0 Å². The van der Waals surface area contributed by atoms with Crippen LogP contribution in [0, 0.1) is 17.8 Å². The van der Waals surface area contributed by atoms with Gasteiger partial charge < -0.3 is 33.8 Å². The Balaban J connectivity index is 5.21. The highest BCUT2D eigenvalue weighted by atomic mass is 31.2. The molecule has 17 nitrogen and oxygen atoms in total. The summed E-state index contributed by atoms with van der Waals surface area (Å²) in [6.07, 6.45) is 37.8. The predicted octanol–water partition coefficient (Wildman–Crippen LogP) is 17.9. The predicted molar refractivity (Wildman–Crippen MR) is 335 cm³/mol. The summed E-state index contributed by atoms with van der Waals surface area (Å²) in [7, 11) is -9.89. The molecule has 0 spiro atoms. The summed E-state index contributed by atoms with van der Waals surface area (Å²) in [5.41, 5.74) is 0. The van der Waals surface area contributed by atoms with Crippen molar-refractivity contribution in [2.45, 2.75) is 336 Å². The van der Waals surface area contributed by atoms with Gasteiger partial charge in [0.15, 0.2) is 12.2 Å². The highest BCUT2D eigenvalue weighted by Crippen LogP contribution is 2.45. The van der Waals surface area contributed by atoms with Crippen LogP contribution >= 0.6 is 15.6 Å². The van der Waals surface area contributed by atoms with Gasteiger partial charge in [-0.3, -0.25) is 37.3 Å². The largest absolute Gasteiger partial charge is 0.472 e. The van der Waals surface area contributed by atoms with Crippen LogP contribution in [0.3, 0.4) is 0 Å². The van der Waals surface area contributed by atoms with E-state index in [2.05, 4.69) is 48.5 Å². The molecule has 19 heteroatoms. The molecule has 0 aliphatic carbocycles. The van der Waals surface area contributed by atoms with E-state index in [0.717, 1.165) is 120 Å². The van der Waals surface area contributed by atoms with E-state index in [9.17, 15) is 43.2 Å². The Bertz CT molecular complexity index is 1670. The zero-order chi connectivity index (χ0) is 62.4. The third-order valence-corrected chi connectivity index (χ3v) is 17.1. The molecule has 0 amide bonds. The number of esters is 4. The number of phosphoric ester groups is 2. The second-order valence-electron chi connectivity index (χ2n) is 24.7. The highest BCUT2D eigenvalue weighted by molar-refractivity contribution is 7.47. The van der Waals surface area contributed by atoms with Crippen molar-refractivity contribution < 1.29 is 80.2 Å². The van der Waals surface area contributed by atoms with Gasteiger partial charge >= 0.3 is 39.5 Å². The van der Waals surface area contributed by atoms with Gasteiger partial charge in [0.2, 0.25) is 0 Å². The molecule has 498 valence electrons. The van der Waals surface area contributed by atoms with Crippen molar-refractivity contribution >= 4 is 39.5 Å². The fraction of sp³-hybridized carbons (Fsp3) is 0.938. The lowest BCUT2D eigenvalue weighted by Gasteiger charge is -2.21. The van der Waals surface area contributed by atoms with Crippen LogP contribution in [0.2, 0.25) is 0 Å². The van der Waals surface area contributed by atoms with E-state index in [4.69, 9.17) is 37.0 Å². The van der Waals surface area contributed by atoms with Gasteiger partial charge in [-0.15, -0.1) is 0 Å². The summed E-state index contributed by atoms with van der Waals surface area (Å²) in [6.45, 7) is 11.7. The van der Waals surface area contributed by atoms with Crippen LogP contribution in [-0.4, -0.2) is 96.7 Å². The Morgan fingerprint density at radius 1 is 0.345 bits per heavy atom. The Morgan fingerprint density at radius 2 is 0.607 bits per heavy atom. The first-order chi connectivity index (χ1) is 40.3. The van der Waals surface area contributed by atoms with Gasteiger partial charge in [0.1, 0.15) is 19.3 Å². The number of carbonyl (C=O) groups excluding carboxylic acids is 4. The van der Waals surface area contributed by atoms with E-state index in [1.165, 1.54) is 116 Å². The van der Waals surface area contributed by atoms with Gasteiger partial charge in [0.25, 0.3) is 0 Å². The quantitative estimate of drug-likeness (QED) is 0.0222. The standard InChI is InChI=1S/C65H126O17P2/c1-8-10-11-12-22-32-39-46-62(67)75-52-61(82-65(70)49-42-35-28-27-31-38-45-58(7)9-2)55-80-84(73,74)78-51-59(66)50-77-83(71,72)79-54-60(53-76-63(68)47-40-33-25-21-20-24-30-37-44-57(5)6)81-64(69)48-41-34-26-19-17-15-13-14-16-18-23-29-36-43-56(3)4/h56-61,66H,8-55H2,1-7H3,(H,71,72)(H,73,74)/t58?,59-,60-,61-/m1/s1. The van der Waals surface area contributed by atoms with E-state index in [0.29, 0.717) is 25.7 Å². The zero-order valence-electron chi connectivity index (χ0n) is 54.4. The number of rotatable bonds is 63. The third-order valence-electron chi connectivity index (χ3n) is 15.2. The van der Waals surface area contributed by atoms with E-state index in [-0.39, 0.29) is 25.7 Å². The van der Waals surface area contributed by atoms with Gasteiger partial charge in [-0.1, -0.05) is 267 Å². The van der Waals surface area contributed by atoms with Crippen LogP contribution < -0.4 is 0 Å². The minimum atomic E-state index is -4.95. The SMILES string of the molecule is CCCCCCCCCC(=O)OC[C@H](COP(=O)(O)OC[C@H](O)COP(=O)(O)OC[C@@H](COC(=O)CCCCCCCCCCC(C)C)OC(=O)CCCCCCCCCCCCCCCC(C)C)OC(=O)CCCCCCCCC(C)CC. The number of carbonyl (C=O) groups is 4. The van der Waals surface area contributed by atoms with Gasteiger partial charge in [0, 0.05) is 25.7 Å². The molecule has 0 fully saturated rings. The topological polar surface area (TPSA) is 237 Å². The maximum atomic E-state index is 13.0. The van der Waals surface area contributed by atoms with Crippen LogP contribution in [-0.2, 0) is 65.4 Å². The highest BCUT2D eigenvalue weighted by Gasteiger charge is 2.30. The molecule has 0 aromatic heterocycles. The molecule has 0 aromatic carbocycles. The van der Waals surface area contributed by atoms with Crippen LogP contribution in [0.25, 0.3) is 0 Å². The monoisotopic (exact) mass is 1240 g/mol. The van der Waals surface area contributed by atoms with Crippen molar-refractivity contribution in [3.8, 4) is 0 Å². The molecule has 0 saturated carbocycles. The van der Waals surface area contributed by atoms with E-state index in [1.807, 2.05) is 0 Å². The van der Waals surface area contributed by atoms with Gasteiger partial charge in [-0.25, -0.2) is 9.13 Å². The summed E-state index contributed by atoms with van der Waals surface area (Å²) in [5.74, 6) is 0.0924. The summed E-state index contributed by atoms with van der Waals surface area (Å²) in [4.78, 5) is 72.1. The fourth-order valence-electron chi connectivity index (χ4n) is 9.62. The van der Waals surface area contributed by atoms with Crippen molar-refractivity contribution in [2.24, 2.45) is 17.8 Å². The average molecular weight is 1240 g/mol. The molecular weight excluding hydrogens is 1110 g/mol. The van der Waals surface area contributed by atoms with Gasteiger partial charge in [-0.05, 0) is 43.4 Å². The van der Waals surface area contributed by atoms with E-state index < -0.39 is 97.5 Å². The Morgan fingerprint density at radius 3 is 0.905 bits per heavy atom. The Kier molecular flexibility index (Phi) is 55.0. The molecule has 0 bridgehead atoms. The maximum Gasteiger partial charge on any atom is 0.472 e. The van der Waals surface area contributed by atoms with Gasteiger partial charge in [0.05, 0.1) is 26.4 Å². The lowest BCUT2D eigenvalue weighted by molar-refractivity contribution is -0.161. The smallest absolute Gasteiger partial charge is 0.462 e. The molecular formula is C65H126O17P2. The lowest BCUT2D eigenvalue weighted by Crippen LogP contribution is -2.30. The fourth-order valence-corrected chi connectivity index (χ4v) is 11.2. The number of ether oxygens (including phenoxy) is 4. The Hall–Kier alpha value is -1.94. The number of phosphoric acid groups is 2. The van der Waals surface area contributed by atoms with Crippen molar-refractivity contribution in [3.63, 3.8) is 0 Å². The molecule has 3 N–H and O–H groups in total. The lowest BCUT2D eigenvalue weighted by atomic mass is 10.00. The van der Waals surface area contributed by atoms with Crippen LogP contribution in [0.15, 0.2) is 0 Å². The molecule has 0 aliphatic heterocycles. The molecule has 6 atom stereocenters. The van der Waals surface area contributed by atoms with Crippen molar-refractivity contribution in [3.05, 3.63) is 0 Å². The number of aliphatic hydroxyl groups excluding tert-OH is 1. The first-order valence-corrected chi connectivity index (χ1v) is 36.9. The first-order valence-electron chi connectivity index (χ1n) is 33.9. The number of hydrogen-bond acceptors (Lipinski definition) is 15. The zero-order valence-corrected chi connectivity index (χ0v) is 56.1. The summed E-state index contributed by atoms with van der Waals surface area (Å²) < 4.78 is 67.9. The van der Waals surface area contributed by atoms with Crippen LogP contribution in [0.4, 0.5) is 0 Å². The first kappa shape index (κ1) is 82.1. The molecule has 0 rings (SSSR count). The minimum Gasteiger partial charge on any atom is -0.462 e. The summed E-state index contributed by atoms with van der Waals surface area (Å²) in [6, 6.07) is 0. The molecule has 0 aliphatic rings. The van der Waals surface area contributed by atoms with Crippen molar-refractivity contribution in [1.82, 2.24) is 0 Å². The normalized spacial score (nSPS) is 14.7. The molecule has 3 unspecified atom stereocenters. The molecule has 0 heterocycles. The summed E-state index contributed by atoms with van der Waals surface area (Å²) >= 11 is 0. The average Bonchev–Trinajstić information content (AvgIpc) is 3.49. The van der Waals surface area contributed by atoms with Crippen molar-refractivity contribution in [1.29, 1.82) is 0 Å². The molecule has 0 radical (unpaired) electrons. The summed E-state index contributed by atoms with van der Waals surface area (Å²) in [5, 5.41) is 10.5. The number of hydrogen-bond donors (Lipinski definition) is 3. The minimum absolute atomic E-state index is 0.102. The third kappa shape index (κ3) is 57.8. The number of aliphatic hydroxyl groups is 1. The maximum absolute atomic E-state index is 13.0. The van der Waals surface area contributed by atoms with Crippen LogP contribution in [0.5, 0.6) is 0 Å². The second kappa shape index (κ2) is 56.3. The Labute approximate surface area is 511 Å². The molecule has 0 aromatic rings.